The molecular formula is C15H23N3O3S. The molecule has 0 aliphatic carbocycles. The second kappa shape index (κ2) is 6.54. The molecule has 22 heavy (non-hydrogen) atoms. The van der Waals surface area contributed by atoms with Gasteiger partial charge in [-0.25, -0.2) is 13.6 Å². The van der Waals surface area contributed by atoms with Crippen LogP contribution in [0.5, 0.6) is 0 Å². The Morgan fingerprint density at radius 2 is 1.82 bits per heavy atom. The highest BCUT2D eigenvalue weighted by molar-refractivity contribution is 7.89. The van der Waals surface area contributed by atoms with Crippen LogP contribution >= 0.6 is 0 Å². The van der Waals surface area contributed by atoms with Crippen molar-refractivity contribution in [1.82, 2.24) is 4.90 Å². The maximum absolute atomic E-state index is 11.3. The van der Waals surface area contributed by atoms with Crippen LogP contribution in [-0.2, 0) is 14.8 Å². The number of sulfonamides is 1. The molecule has 2 saturated heterocycles. The maximum atomic E-state index is 11.3. The minimum atomic E-state index is -3.61. The molecular weight excluding hydrogens is 302 g/mol. The normalized spacial score (nSPS) is 23.9. The number of benzene rings is 1. The minimum absolute atomic E-state index is 0.160. The molecule has 122 valence electrons. The largest absolute Gasteiger partial charge is 0.377 e. The van der Waals surface area contributed by atoms with Gasteiger partial charge in [-0.3, -0.25) is 4.90 Å². The van der Waals surface area contributed by atoms with E-state index in [0.29, 0.717) is 6.10 Å². The van der Waals surface area contributed by atoms with E-state index in [9.17, 15) is 8.42 Å². The van der Waals surface area contributed by atoms with Gasteiger partial charge < -0.3 is 9.64 Å². The summed E-state index contributed by atoms with van der Waals surface area (Å²) in [6.07, 6.45) is 2.76. The molecule has 2 N–H and O–H groups in total. The Balaban J connectivity index is 1.54. The van der Waals surface area contributed by atoms with Gasteiger partial charge >= 0.3 is 0 Å². The third kappa shape index (κ3) is 3.78. The summed E-state index contributed by atoms with van der Waals surface area (Å²) in [5.41, 5.74) is 1.05. The van der Waals surface area contributed by atoms with E-state index in [1.807, 2.05) is 12.1 Å². The Kier molecular flexibility index (Phi) is 4.67. The molecule has 0 radical (unpaired) electrons. The molecule has 1 aromatic carbocycles. The lowest BCUT2D eigenvalue weighted by Gasteiger charge is -2.37. The standard InChI is InChI=1S/C15H23N3O3S/c16-22(19,20)15-5-3-13(4-6-15)18-9-7-17(8-10-18)12-14-2-1-11-21-14/h3-6,14H,1-2,7-12H2,(H2,16,19,20)/t14-/m1/s1. The highest BCUT2D eigenvalue weighted by atomic mass is 32.2. The lowest BCUT2D eigenvalue weighted by atomic mass is 10.2. The Morgan fingerprint density at radius 1 is 1.14 bits per heavy atom. The molecule has 6 nitrogen and oxygen atoms in total. The first kappa shape index (κ1) is 15.7. The Bertz CT molecular complexity index is 589. The van der Waals surface area contributed by atoms with Crippen molar-refractivity contribution in [3.05, 3.63) is 24.3 Å². The Labute approximate surface area is 131 Å². The zero-order valence-corrected chi connectivity index (χ0v) is 13.5. The molecule has 0 bridgehead atoms. The van der Waals surface area contributed by atoms with Gasteiger partial charge in [0, 0.05) is 45.0 Å². The maximum Gasteiger partial charge on any atom is 0.238 e. The van der Waals surface area contributed by atoms with Crippen LogP contribution in [0.15, 0.2) is 29.2 Å². The summed E-state index contributed by atoms with van der Waals surface area (Å²) in [7, 11) is -3.61. The van der Waals surface area contributed by atoms with Gasteiger partial charge in [-0.05, 0) is 37.1 Å². The van der Waals surface area contributed by atoms with Gasteiger partial charge in [0.25, 0.3) is 0 Å². The second-order valence-corrected chi connectivity index (χ2v) is 7.52. The lowest BCUT2D eigenvalue weighted by Crippen LogP contribution is -2.48. The summed E-state index contributed by atoms with van der Waals surface area (Å²) < 4.78 is 28.2. The number of hydrogen-bond acceptors (Lipinski definition) is 5. The van der Waals surface area contributed by atoms with Crippen LogP contribution in [-0.4, -0.2) is 58.8 Å². The van der Waals surface area contributed by atoms with E-state index in [4.69, 9.17) is 9.88 Å². The van der Waals surface area contributed by atoms with E-state index in [2.05, 4.69) is 9.80 Å². The lowest BCUT2D eigenvalue weighted by molar-refractivity contribution is 0.0713. The summed E-state index contributed by atoms with van der Waals surface area (Å²) in [5.74, 6) is 0. The Morgan fingerprint density at radius 3 is 2.36 bits per heavy atom. The number of anilines is 1. The molecule has 2 heterocycles. The fourth-order valence-corrected chi connectivity index (χ4v) is 3.63. The second-order valence-electron chi connectivity index (χ2n) is 5.96. The molecule has 0 unspecified atom stereocenters. The van der Waals surface area contributed by atoms with E-state index >= 15 is 0 Å². The van der Waals surface area contributed by atoms with Crippen molar-refractivity contribution in [2.24, 2.45) is 5.14 Å². The summed E-state index contributed by atoms with van der Waals surface area (Å²) in [6.45, 7) is 5.84. The first-order valence-corrected chi connectivity index (χ1v) is 9.29. The van der Waals surface area contributed by atoms with Crippen molar-refractivity contribution in [3.63, 3.8) is 0 Å². The van der Waals surface area contributed by atoms with Crippen LogP contribution < -0.4 is 10.0 Å². The van der Waals surface area contributed by atoms with Gasteiger partial charge in [0.2, 0.25) is 10.0 Å². The van der Waals surface area contributed by atoms with Crippen LogP contribution in [0.25, 0.3) is 0 Å². The molecule has 0 saturated carbocycles. The third-order valence-electron chi connectivity index (χ3n) is 4.39. The average Bonchev–Trinajstić information content (AvgIpc) is 3.00. The first-order chi connectivity index (χ1) is 10.5. The number of ether oxygens (including phenoxy) is 1. The SMILES string of the molecule is NS(=O)(=O)c1ccc(N2CCN(C[C@H]3CCCO3)CC2)cc1. The predicted molar refractivity (Wildman–Crippen MR) is 85.4 cm³/mol. The smallest absolute Gasteiger partial charge is 0.238 e. The molecule has 0 aromatic heterocycles. The van der Waals surface area contributed by atoms with Crippen molar-refractivity contribution < 1.29 is 13.2 Å². The third-order valence-corrected chi connectivity index (χ3v) is 5.32. The van der Waals surface area contributed by atoms with Gasteiger partial charge in [-0.1, -0.05) is 0 Å². The van der Waals surface area contributed by atoms with Crippen molar-refractivity contribution >= 4 is 15.7 Å². The molecule has 7 heteroatoms. The summed E-state index contributed by atoms with van der Waals surface area (Å²) in [6, 6.07) is 6.80. The molecule has 3 rings (SSSR count). The van der Waals surface area contributed by atoms with E-state index in [0.717, 1.165) is 45.0 Å². The first-order valence-electron chi connectivity index (χ1n) is 7.74. The molecule has 2 fully saturated rings. The van der Waals surface area contributed by atoms with Gasteiger partial charge in [-0.15, -0.1) is 0 Å². The zero-order valence-electron chi connectivity index (χ0n) is 12.6. The quantitative estimate of drug-likeness (QED) is 0.879. The monoisotopic (exact) mass is 325 g/mol. The average molecular weight is 325 g/mol. The number of hydrogen-bond donors (Lipinski definition) is 1. The molecule has 0 spiro atoms. The highest BCUT2D eigenvalue weighted by Crippen LogP contribution is 2.20. The number of rotatable bonds is 4. The minimum Gasteiger partial charge on any atom is -0.377 e. The topological polar surface area (TPSA) is 75.9 Å². The highest BCUT2D eigenvalue weighted by Gasteiger charge is 2.23. The van der Waals surface area contributed by atoms with Gasteiger partial charge in [-0.2, -0.15) is 0 Å². The molecule has 1 atom stereocenters. The fourth-order valence-electron chi connectivity index (χ4n) is 3.11. The van der Waals surface area contributed by atoms with E-state index in [1.54, 1.807) is 12.1 Å². The van der Waals surface area contributed by atoms with E-state index in [1.165, 1.54) is 12.8 Å². The van der Waals surface area contributed by atoms with E-state index in [-0.39, 0.29) is 4.90 Å². The van der Waals surface area contributed by atoms with Crippen molar-refractivity contribution in [3.8, 4) is 0 Å². The molecule has 0 amide bonds. The summed E-state index contributed by atoms with van der Waals surface area (Å²) in [5, 5.41) is 5.12. The van der Waals surface area contributed by atoms with Crippen LogP contribution in [0.3, 0.4) is 0 Å². The summed E-state index contributed by atoms with van der Waals surface area (Å²) >= 11 is 0. The Hall–Kier alpha value is -1.15. The number of nitrogens with two attached hydrogens (primary N) is 1. The van der Waals surface area contributed by atoms with Crippen molar-refractivity contribution in [1.29, 1.82) is 0 Å². The number of primary sulfonamides is 1. The number of nitrogens with zero attached hydrogens (tertiary/aromatic N) is 2. The molecule has 2 aliphatic rings. The number of piperazine rings is 1. The van der Waals surface area contributed by atoms with Crippen molar-refractivity contribution in [2.75, 3.05) is 44.2 Å². The zero-order chi connectivity index (χ0) is 15.6. The van der Waals surface area contributed by atoms with Gasteiger partial charge in [0.15, 0.2) is 0 Å². The van der Waals surface area contributed by atoms with Gasteiger partial charge in [0.1, 0.15) is 0 Å². The van der Waals surface area contributed by atoms with E-state index < -0.39 is 10.0 Å². The summed E-state index contributed by atoms with van der Waals surface area (Å²) in [4.78, 5) is 4.89. The van der Waals surface area contributed by atoms with Crippen LogP contribution in [0.2, 0.25) is 0 Å². The van der Waals surface area contributed by atoms with Crippen LogP contribution in [0.1, 0.15) is 12.8 Å². The van der Waals surface area contributed by atoms with Crippen LogP contribution in [0.4, 0.5) is 5.69 Å². The molecule has 2 aliphatic heterocycles. The van der Waals surface area contributed by atoms with Crippen LogP contribution in [0, 0.1) is 0 Å². The predicted octanol–water partition coefficient (Wildman–Crippen LogP) is 0.635. The van der Waals surface area contributed by atoms with Crippen molar-refractivity contribution in [2.45, 2.75) is 23.8 Å². The molecule has 1 aromatic rings. The fraction of sp³-hybridized carbons (Fsp3) is 0.600. The van der Waals surface area contributed by atoms with Gasteiger partial charge in [0.05, 0.1) is 11.0 Å².